The highest BCUT2D eigenvalue weighted by atomic mass is 32.2. The summed E-state index contributed by atoms with van der Waals surface area (Å²) in [6, 6.07) is 4.32. The fourth-order valence-electron chi connectivity index (χ4n) is 3.11. The number of rotatable bonds is 7. The second-order valence-electron chi connectivity index (χ2n) is 6.38. The number of carbonyl (C=O) groups excluding carboxylic acids is 1. The first-order valence-electron chi connectivity index (χ1n) is 8.49. The van der Waals surface area contributed by atoms with Crippen molar-refractivity contribution < 1.29 is 19.1 Å². The molecule has 3 N–H and O–H groups in total. The van der Waals surface area contributed by atoms with Crippen molar-refractivity contribution in [2.24, 2.45) is 5.73 Å². The van der Waals surface area contributed by atoms with Gasteiger partial charge in [-0.05, 0) is 30.5 Å². The average molecular weight is 410 g/mol. The first-order chi connectivity index (χ1) is 12.9. The Balaban J connectivity index is 1.63. The summed E-state index contributed by atoms with van der Waals surface area (Å²) in [5.41, 5.74) is 7.62. The fourth-order valence-corrected chi connectivity index (χ4v) is 4.92. The molecule has 9 heteroatoms. The van der Waals surface area contributed by atoms with Crippen molar-refractivity contribution >= 4 is 35.0 Å². The minimum atomic E-state index is -1.05. The van der Waals surface area contributed by atoms with E-state index in [1.165, 1.54) is 34.5 Å². The van der Waals surface area contributed by atoms with Gasteiger partial charge in [-0.15, -0.1) is 11.3 Å². The molecule has 1 aromatic heterocycles. The first kappa shape index (κ1) is 19.8. The van der Waals surface area contributed by atoms with Crippen LogP contribution in [0.3, 0.4) is 0 Å². The number of hydrogen-bond donors (Lipinski definition) is 2. The van der Waals surface area contributed by atoms with E-state index in [1.54, 1.807) is 17.9 Å². The van der Waals surface area contributed by atoms with Crippen molar-refractivity contribution in [3.8, 4) is 0 Å². The Bertz CT molecular complexity index is 858. The standard InChI is InChI=1S/C18H20FN3O3S2/c1-10-2-3-11(8-12(10)19)16(20)14-4-5-15(23)22(14)6-7-26-18-21-13(9-27-18)17(24)25/h2-3,8-9,14,16H,4-7,20H2,1H3,(H,24,25)/t14-,16?/m1/s1. The van der Waals surface area contributed by atoms with Crippen LogP contribution < -0.4 is 5.73 Å². The topological polar surface area (TPSA) is 96.5 Å². The number of carboxylic acids is 1. The zero-order chi connectivity index (χ0) is 19.6. The molecule has 0 bridgehead atoms. The first-order valence-corrected chi connectivity index (χ1v) is 10.4. The molecule has 6 nitrogen and oxygen atoms in total. The third kappa shape index (κ3) is 4.48. The van der Waals surface area contributed by atoms with Crippen LogP contribution in [0.4, 0.5) is 4.39 Å². The summed E-state index contributed by atoms with van der Waals surface area (Å²) in [6.45, 7) is 2.18. The fraction of sp³-hybridized carbons (Fsp3) is 0.389. The minimum Gasteiger partial charge on any atom is -0.476 e. The number of likely N-dealkylation sites (tertiary alicyclic amines) is 1. The van der Waals surface area contributed by atoms with Crippen LogP contribution in [0.2, 0.25) is 0 Å². The van der Waals surface area contributed by atoms with Crippen LogP contribution >= 0.6 is 23.1 Å². The molecule has 1 aliphatic heterocycles. The number of carboxylic acid groups (broad SMARTS) is 1. The number of nitrogens with two attached hydrogens (primary N) is 1. The normalized spacial score (nSPS) is 18.1. The summed E-state index contributed by atoms with van der Waals surface area (Å²) in [5, 5.41) is 10.4. The highest BCUT2D eigenvalue weighted by molar-refractivity contribution is 8.01. The van der Waals surface area contributed by atoms with Crippen molar-refractivity contribution in [2.75, 3.05) is 12.3 Å². The monoisotopic (exact) mass is 409 g/mol. The Labute approximate surface area is 164 Å². The SMILES string of the molecule is Cc1ccc(C(N)[C@H]2CCC(=O)N2CCSc2nc(C(=O)O)cs2)cc1F. The van der Waals surface area contributed by atoms with E-state index in [-0.39, 0.29) is 23.5 Å². The lowest BCUT2D eigenvalue weighted by Crippen LogP contribution is -2.41. The molecule has 0 spiro atoms. The summed E-state index contributed by atoms with van der Waals surface area (Å²) in [7, 11) is 0. The van der Waals surface area contributed by atoms with Gasteiger partial charge in [-0.1, -0.05) is 23.9 Å². The summed E-state index contributed by atoms with van der Waals surface area (Å²) in [4.78, 5) is 28.9. The lowest BCUT2D eigenvalue weighted by Gasteiger charge is -2.29. The summed E-state index contributed by atoms with van der Waals surface area (Å²) >= 11 is 2.68. The number of aromatic carboxylic acids is 1. The quantitative estimate of drug-likeness (QED) is 0.682. The number of hydrogen-bond acceptors (Lipinski definition) is 6. The predicted octanol–water partition coefficient (Wildman–Crippen LogP) is 3.07. The van der Waals surface area contributed by atoms with Crippen LogP contribution in [-0.4, -0.2) is 45.2 Å². The number of aryl methyl sites for hydroxylation is 1. The van der Waals surface area contributed by atoms with E-state index in [0.29, 0.717) is 40.6 Å². The predicted molar refractivity (Wildman–Crippen MR) is 103 cm³/mol. The van der Waals surface area contributed by atoms with Gasteiger partial charge in [-0.3, -0.25) is 4.79 Å². The van der Waals surface area contributed by atoms with Crippen molar-refractivity contribution in [1.82, 2.24) is 9.88 Å². The number of amides is 1. The molecule has 144 valence electrons. The highest BCUT2D eigenvalue weighted by Gasteiger charge is 2.35. The summed E-state index contributed by atoms with van der Waals surface area (Å²) < 4.78 is 14.5. The van der Waals surface area contributed by atoms with Crippen molar-refractivity contribution in [2.45, 2.75) is 36.2 Å². The van der Waals surface area contributed by atoms with Crippen LogP contribution in [-0.2, 0) is 4.79 Å². The maximum atomic E-state index is 13.9. The van der Waals surface area contributed by atoms with E-state index in [4.69, 9.17) is 10.8 Å². The minimum absolute atomic E-state index is 0.0287. The Kier molecular flexibility index (Phi) is 6.13. The van der Waals surface area contributed by atoms with Crippen LogP contribution in [0.25, 0.3) is 0 Å². The van der Waals surface area contributed by atoms with Crippen LogP contribution in [0.5, 0.6) is 0 Å². The molecule has 0 aliphatic carbocycles. The maximum Gasteiger partial charge on any atom is 0.355 e. The van der Waals surface area contributed by atoms with Gasteiger partial charge in [0.25, 0.3) is 0 Å². The molecule has 2 atom stereocenters. The molecule has 2 heterocycles. The van der Waals surface area contributed by atoms with Crippen LogP contribution in [0, 0.1) is 12.7 Å². The van der Waals surface area contributed by atoms with Crippen molar-refractivity contribution in [3.63, 3.8) is 0 Å². The Hall–Kier alpha value is -1.97. The van der Waals surface area contributed by atoms with Gasteiger partial charge in [0.15, 0.2) is 10.0 Å². The maximum absolute atomic E-state index is 13.9. The van der Waals surface area contributed by atoms with Gasteiger partial charge in [-0.25, -0.2) is 14.2 Å². The number of thiazole rings is 1. The Morgan fingerprint density at radius 1 is 1.56 bits per heavy atom. The largest absolute Gasteiger partial charge is 0.476 e. The number of thioether (sulfide) groups is 1. The number of carbonyl (C=O) groups is 2. The molecule has 0 saturated carbocycles. The van der Waals surface area contributed by atoms with Gasteiger partial charge in [0.1, 0.15) is 5.82 Å². The average Bonchev–Trinajstić information content (AvgIpc) is 3.24. The molecule has 1 aromatic carbocycles. The molecule has 1 saturated heterocycles. The molecule has 1 aliphatic rings. The van der Waals surface area contributed by atoms with Gasteiger partial charge in [0, 0.05) is 24.1 Å². The zero-order valence-corrected chi connectivity index (χ0v) is 16.4. The van der Waals surface area contributed by atoms with Crippen LogP contribution in [0.1, 0.15) is 40.5 Å². The number of aromatic nitrogens is 1. The smallest absolute Gasteiger partial charge is 0.355 e. The molecule has 3 rings (SSSR count). The van der Waals surface area contributed by atoms with Gasteiger partial charge in [0.05, 0.1) is 12.1 Å². The Morgan fingerprint density at radius 3 is 3.00 bits per heavy atom. The molecule has 1 fully saturated rings. The van der Waals surface area contributed by atoms with Gasteiger partial charge >= 0.3 is 5.97 Å². The van der Waals surface area contributed by atoms with E-state index >= 15 is 0 Å². The summed E-state index contributed by atoms with van der Waals surface area (Å²) in [5.74, 6) is -0.727. The highest BCUT2D eigenvalue weighted by Crippen LogP contribution is 2.30. The second kappa shape index (κ2) is 8.37. The van der Waals surface area contributed by atoms with Gasteiger partial charge in [0.2, 0.25) is 5.91 Å². The lowest BCUT2D eigenvalue weighted by atomic mass is 9.97. The van der Waals surface area contributed by atoms with Crippen LogP contribution in [0.15, 0.2) is 27.9 Å². The van der Waals surface area contributed by atoms with E-state index in [0.717, 1.165) is 0 Å². The zero-order valence-electron chi connectivity index (χ0n) is 14.7. The molecular formula is C18H20FN3O3S2. The van der Waals surface area contributed by atoms with E-state index in [1.807, 2.05) is 6.07 Å². The number of halogens is 1. The third-order valence-corrected chi connectivity index (χ3v) is 6.63. The van der Waals surface area contributed by atoms with Gasteiger partial charge < -0.3 is 15.7 Å². The molecule has 1 amide bonds. The van der Waals surface area contributed by atoms with E-state index < -0.39 is 12.0 Å². The lowest BCUT2D eigenvalue weighted by molar-refractivity contribution is -0.128. The molecule has 27 heavy (non-hydrogen) atoms. The summed E-state index contributed by atoms with van der Waals surface area (Å²) in [6.07, 6.45) is 1.07. The molecule has 1 unspecified atom stereocenters. The number of nitrogens with zero attached hydrogens (tertiary/aromatic N) is 2. The van der Waals surface area contributed by atoms with E-state index in [9.17, 15) is 14.0 Å². The molecule has 0 radical (unpaired) electrons. The molecule has 2 aromatic rings. The van der Waals surface area contributed by atoms with Crippen molar-refractivity contribution in [3.05, 3.63) is 46.2 Å². The van der Waals surface area contributed by atoms with Gasteiger partial charge in [-0.2, -0.15) is 0 Å². The Morgan fingerprint density at radius 2 is 2.33 bits per heavy atom. The van der Waals surface area contributed by atoms with E-state index in [2.05, 4.69) is 4.98 Å². The second-order valence-corrected chi connectivity index (χ2v) is 8.58. The van der Waals surface area contributed by atoms with Crippen molar-refractivity contribution in [1.29, 1.82) is 0 Å². The molecular weight excluding hydrogens is 389 g/mol. The number of benzene rings is 1. The third-order valence-electron chi connectivity index (χ3n) is 4.63.